The third-order valence-electron chi connectivity index (χ3n) is 2.35. The first-order valence-corrected chi connectivity index (χ1v) is 13.6. The van der Waals surface area contributed by atoms with E-state index in [1.807, 2.05) is 0 Å². The van der Waals surface area contributed by atoms with Gasteiger partial charge in [-0.05, 0) is 0 Å². The molecule has 2 aliphatic carbocycles. The molecule has 2 aliphatic rings. The molecule has 0 saturated carbocycles. The van der Waals surface area contributed by atoms with Crippen molar-refractivity contribution in [3.63, 3.8) is 0 Å². The number of hydrogen-bond acceptors (Lipinski definition) is 0. The van der Waals surface area contributed by atoms with E-state index in [1.165, 1.54) is 6.56 Å². The Labute approximate surface area is 103 Å². The van der Waals surface area contributed by atoms with Gasteiger partial charge in [-0.2, -0.15) is 0 Å². The quantitative estimate of drug-likeness (QED) is 0.632. The third kappa shape index (κ3) is 3.06. The van der Waals surface area contributed by atoms with Gasteiger partial charge in [-0.15, -0.1) is 13.2 Å². The Balaban J connectivity index is 0.000000531. The van der Waals surface area contributed by atoms with Crippen LogP contribution in [-0.2, 0) is 17.9 Å². The Bertz CT molecular complexity index is 317. The number of hydrogen-bond donors (Lipinski definition) is 0. The van der Waals surface area contributed by atoms with E-state index in [2.05, 4.69) is 49.6 Å². The molecule has 0 radical (unpaired) electrons. The van der Waals surface area contributed by atoms with E-state index < -0.39 is 17.9 Å². The van der Waals surface area contributed by atoms with Gasteiger partial charge in [0.25, 0.3) is 0 Å². The van der Waals surface area contributed by atoms with Gasteiger partial charge in [0, 0.05) is 0 Å². The monoisotopic (exact) mass is 318 g/mol. The van der Waals surface area contributed by atoms with Crippen molar-refractivity contribution in [2.75, 3.05) is 0 Å². The van der Waals surface area contributed by atoms with E-state index >= 15 is 0 Å². The van der Waals surface area contributed by atoms with Crippen molar-refractivity contribution in [3.05, 3.63) is 56.2 Å². The van der Waals surface area contributed by atoms with Crippen LogP contribution >= 0.6 is 17.0 Å². The van der Waals surface area contributed by atoms with E-state index in [9.17, 15) is 0 Å². The molecule has 0 aromatic heterocycles. The van der Waals surface area contributed by atoms with Crippen LogP contribution in [0.4, 0.5) is 0 Å². The summed E-state index contributed by atoms with van der Waals surface area (Å²) in [6.45, 7) is 6.00. The fraction of sp³-hybridized carbons (Fsp3) is 0.167. The average Bonchev–Trinajstić information content (AvgIpc) is 2.95. The summed E-state index contributed by atoms with van der Waals surface area (Å²) in [5.41, 5.74) is 0. The average molecular weight is 320 g/mol. The zero-order chi connectivity index (χ0) is 11.3. The second-order valence-electron chi connectivity index (χ2n) is 3.22. The predicted octanol–water partition coefficient (Wildman–Crippen LogP) is 4.94. The van der Waals surface area contributed by atoms with Gasteiger partial charge in [0.2, 0.25) is 0 Å². The zero-order valence-corrected chi connectivity index (χ0v) is 12.5. The summed E-state index contributed by atoms with van der Waals surface area (Å²) in [5, 5.41) is 0. The fourth-order valence-corrected chi connectivity index (χ4v) is 9.24. The maximum atomic E-state index is 6.51. The van der Waals surface area contributed by atoms with Gasteiger partial charge < -0.3 is 0 Å². The molecular weight excluding hydrogens is 306 g/mol. The molecule has 0 aromatic carbocycles. The van der Waals surface area contributed by atoms with Crippen molar-refractivity contribution in [2.45, 2.75) is 12.8 Å². The van der Waals surface area contributed by atoms with Crippen molar-refractivity contribution in [3.8, 4) is 0 Å². The Morgan fingerprint density at radius 1 is 0.933 bits per heavy atom. The molecule has 0 nitrogen and oxygen atoms in total. The Morgan fingerprint density at radius 3 is 1.60 bits per heavy atom. The van der Waals surface area contributed by atoms with Crippen molar-refractivity contribution in [1.29, 1.82) is 0 Å². The van der Waals surface area contributed by atoms with Crippen LogP contribution in [0.5, 0.6) is 0 Å². The number of halogens is 2. The molecule has 3 heteroatoms. The molecule has 0 atom stereocenters. The molecular formula is C12H14Cl2Zr. The van der Waals surface area contributed by atoms with Crippen LogP contribution in [0.1, 0.15) is 12.8 Å². The van der Waals surface area contributed by atoms with Crippen LogP contribution in [0.25, 0.3) is 0 Å². The molecule has 0 saturated heterocycles. The van der Waals surface area contributed by atoms with E-state index in [1.54, 1.807) is 0 Å². The van der Waals surface area contributed by atoms with E-state index in [-0.39, 0.29) is 0 Å². The summed E-state index contributed by atoms with van der Waals surface area (Å²) < 4.78 is 2.57. The predicted molar refractivity (Wildman–Crippen MR) is 66.6 cm³/mol. The summed E-state index contributed by atoms with van der Waals surface area (Å²) in [5.74, 6) is 0. The first-order valence-electron chi connectivity index (χ1n) is 4.81. The molecule has 0 bridgehead atoms. The van der Waals surface area contributed by atoms with Crippen molar-refractivity contribution in [2.24, 2.45) is 0 Å². The summed E-state index contributed by atoms with van der Waals surface area (Å²) >= 11 is -3.06. The first kappa shape index (κ1) is 13.2. The standard InChI is InChI=1S/2C5H5.C2H4.2ClH.Zr/c2*1-2-4-5-3-1;1-2;;;/h2*1-3H,4H2;1-2H2;2*1H;/q;;;;;+2/p-2. The maximum absolute atomic E-state index is 6.51. The molecule has 0 fully saturated rings. The van der Waals surface area contributed by atoms with Gasteiger partial charge >= 0.3 is 90.8 Å². The SMILES string of the molecule is C=C.[Cl][Zr]([Cl])([C]1=CC=CC1)[C]1=CC=CC1. The van der Waals surface area contributed by atoms with Crippen molar-refractivity contribution in [1.82, 2.24) is 0 Å². The minimum absolute atomic E-state index is 0.959. The first-order chi connectivity index (χ1) is 7.21. The minimum atomic E-state index is -3.06. The topological polar surface area (TPSA) is 0 Å². The van der Waals surface area contributed by atoms with Gasteiger partial charge in [-0.25, -0.2) is 0 Å². The van der Waals surface area contributed by atoms with Crippen LogP contribution in [0, 0.1) is 0 Å². The van der Waals surface area contributed by atoms with E-state index in [0.717, 1.165) is 12.8 Å². The van der Waals surface area contributed by atoms with Crippen LogP contribution < -0.4 is 0 Å². The van der Waals surface area contributed by atoms with E-state index in [0.29, 0.717) is 0 Å². The molecule has 2 rings (SSSR count). The molecule has 0 amide bonds. The third-order valence-corrected chi connectivity index (χ3v) is 13.9. The number of rotatable bonds is 2. The second kappa shape index (κ2) is 6.04. The molecule has 80 valence electrons. The number of allylic oxidation sites excluding steroid dienone is 8. The Morgan fingerprint density at radius 2 is 1.33 bits per heavy atom. The van der Waals surface area contributed by atoms with Gasteiger partial charge in [0.05, 0.1) is 0 Å². The molecule has 0 aliphatic heterocycles. The normalized spacial score (nSPS) is 18.3. The molecule has 0 heterocycles. The molecule has 0 N–H and O–H groups in total. The fourth-order valence-electron chi connectivity index (χ4n) is 1.57. The molecule has 15 heavy (non-hydrogen) atoms. The van der Waals surface area contributed by atoms with Crippen molar-refractivity contribution < 1.29 is 17.9 Å². The summed E-state index contributed by atoms with van der Waals surface area (Å²) in [6.07, 6.45) is 14.4. The second-order valence-corrected chi connectivity index (χ2v) is 17.1. The Hall–Kier alpha value is 0.163. The van der Waals surface area contributed by atoms with Crippen LogP contribution in [0.2, 0.25) is 0 Å². The van der Waals surface area contributed by atoms with Gasteiger partial charge in [-0.1, -0.05) is 0 Å². The van der Waals surface area contributed by atoms with Gasteiger partial charge in [-0.3, -0.25) is 0 Å². The van der Waals surface area contributed by atoms with Crippen molar-refractivity contribution >= 4 is 17.0 Å². The molecule has 0 unspecified atom stereocenters. The Kier molecular flexibility index (Phi) is 5.32. The molecule has 0 aromatic rings. The van der Waals surface area contributed by atoms with Crippen LogP contribution in [-0.4, -0.2) is 0 Å². The van der Waals surface area contributed by atoms with Crippen LogP contribution in [0.3, 0.4) is 0 Å². The van der Waals surface area contributed by atoms with Gasteiger partial charge in [0.15, 0.2) is 0 Å². The zero-order valence-electron chi connectivity index (χ0n) is 8.55. The van der Waals surface area contributed by atoms with Crippen LogP contribution in [0.15, 0.2) is 56.2 Å². The molecule has 0 spiro atoms. The summed E-state index contributed by atoms with van der Waals surface area (Å²) in [4.78, 5) is 0. The van der Waals surface area contributed by atoms with E-state index in [4.69, 9.17) is 17.0 Å². The van der Waals surface area contributed by atoms with Gasteiger partial charge in [0.1, 0.15) is 0 Å². The summed E-state index contributed by atoms with van der Waals surface area (Å²) in [6, 6.07) is 0. The summed E-state index contributed by atoms with van der Waals surface area (Å²) in [7, 11) is 13.0.